The van der Waals surface area contributed by atoms with E-state index >= 15 is 0 Å². The van der Waals surface area contributed by atoms with Crippen molar-refractivity contribution in [2.75, 3.05) is 6.61 Å². The van der Waals surface area contributed by atoms with Gasteiger partial charge >= 0.3 is 0 Å². The highest BCUT2D eigenvalue weighted by Crippen LogP contribution is 2.24. The van der Waals surface area contributed by atoms with Crippen LogP contribution in [0.5, 0.6) is 5.75 Å². The van der Waals surface area contributed by atoms with Gasteiger partial charge in [-0.2, -0.15) is 0 Å². The molecule has 0 amide bonds. The van der Waals surface area contributed by atoms with Gasteiger partial charge < -0.3 is 4.74 Å². The quantitative estimate of drug-likeness (QED) is 0.462. The summed E-state index contributed by atoms with van der Waals surface area (Å²) in [6, 6.07) is 19.7. The van der Waals surface area contributed by atoms with Gasteiger partial charge in [-0.15, -0.1) is 0 Å². The van der Waals surface area contributed by atoms with Gasteiger partial charge in [0.1, 0.15) is 5.75 Å². The summed E-state index contributed by atoms with van der Waals surface area (Å²) < 4.78 is 5.54. The lowest BCUT2D eigenvalue weighted by Crippen LogP contribution is -2.01. The molecule has 0 aliphatic heterocycles. The predicted octanol–water partition coefficient (Wildman–Crippen LogP) is 5.44. The first kappa shape index (κ1) is 16.0. The van der Waals surface area contributed by atoms with Gasteiger partial charge in [0.05, 0.1) is 12.2 Å². The highest BCUT2D eigenvalue weighted by molar-refractivity contribution is 6.09. The van der Waals surface area contributed by atoms with E-state index in [0.717, 1.165) is 10.9 Å². The molecule has 0 unspecified atom stereocenters. The average molecular weight is 316 g/mol. The Bertz CT molecular complexity index is 907. The first-order chi connectivity index (χ1) is 11.7. The summed E-state index contributed by atoms with van der Waals surface area (Å²) >= 11 is 0. The van der Waals surface area contributed by atoms with Crippen molar-refractivity contribution < 1.29 is 9.53 Å². The van der Waals surface area contributed by atoms with E-state index in [1.54, 1.807) is 12.1 Å². The molecule has 24 heavy (non-hydrogen) atoms. The highest BCUT2D eigenvalue weighted by atomic mass is 16.5. The third-order valence-corrected chi connectivity index (χ3v) is 4.04. The zero-order valence-electron chi connectivity index (χ0n) is 14.0. The molecular weight excluding hydrogens is 296 g/mol. The fraction of sp³-hybridized carbons (Fsp3) is 0.136. The smallest absolute Gasteiger partial charge is 0.189 e. The Hall–Kier alpha value is -2.87. The van der Waals surface area contributed by atoms with Gasteiger partial charge in [0, 0.05) is 0 Å². The van der Waals surface area contributed by atoms with E-state index in [-0.39, 0.29) is 5.78 Å². The number of benzene rings is 3. The lowest BCUT2D eigenvalue weighted by atomic mass is 9.99. The van der Waals surface area contributed by atoms with Crippen LogP contribution in [-0.4, -0.2) is 12.4 Å². The SMILES string of the molecule is CCOc1ccccc1C(=O)/C=C/c1ccc(C)c2ccccc12. The Kier molecular flexibility index (Phi) is 4.76. The summed E-state index contributed by atoms with van der Waals surface area (Å²) in [6.07, 6.45) is 3.50. The number of hydrogen-bond acceptors (Lipinski definition) is 2. The fourth-order valence-electron chi connectivity index (χ4n) is 2.83. The second kappa shape index (κ2) is 7.14. The third-order valence-electron chi connectivity index (χ3n) is 4.04. The molecule has 0 heterocycles. The topological polar surface area (TPSA) is 26.3 Å². The molecular formula is C22H20O2. The van der Waals surface area contributed by atoms with E-state index in [0.29, 0.717) is 17.9 Å². The Morgan fingerprint density at radius 3 is 2.46 bits per heavy atom. The van der Waals surface area contributed by atoms with E-state index in [4.69, 9.17) is 4.74 Å². The molecule has 120 valence electrons. The van der Waals surface area contributed by atoms with Crippen molar-refractivity contribution >= 4 is 22.6 Å². The summed E-state index contributed by atoms with van der Waals surface area (Å²) in [5, 5.41) is 2.36. The number of carbonyl (C=O) groups is 1. The lowest BCUT2D eigenvalue weighted by molar-refractivity contribution is 0.104. The van der Waals surface area contributed by atoms with Crippen molar-refractivity contribution in [2.45, 2.75) is 13.8 Å². The van der Waals surface area contributed by atoms with E-state index in [2.05, 4.69) is 31.2 Å². The number of para-hydroxylation sites is 1. The summed E-state index contributed by atoms with van der Waals surface area (Å²) in [6.45, 7) is 4.55. The van der Waals surface area contributed by atoms with Crippen molar-refractivity contribution in [3.8, 4) is 5.75 Å². The minimum Gasteiger partial charge on any atom is -0.493 e. The first-order valence-electron chi connectivity index (χ1n) is 8.13. The van der Waals surface area contributed by atoms with E-state index in [9.17, 15) is 4.79 Å². The van der Waals surface area contributed by atoms with Gasteiger partial charge in [0.15, 0.2) is 5.78 Å². The molecule has 2 nitrogen and oxygen atoms in total. The van der Waals surface area contributed by atoms with Crippen molar-refractivity contribution in [1.29, 1.82) is 0 Å². The van der Waals surface area contributed by atoms with Crippen LogP contribution in [0.1, 0.15) is 28.4 Å². The molecule has 0 spiro atoms. The largest absolute Gasteiger partial charge is 0.493 e. The number of rotatable bonds is 5. The molecule has 2 heteroatoms. The van der Waals surface area contributed by atoms with Crippen molar-refractivity contribution in [1.82, 2.24) is 0 Å². The maximum atomic E-state index is 12.5. The predicted molar refractivity (Wildman–Crippen MR) is 99.7 cm³/mol. The molecule has 0 bridgehead atoms. The lowest BCUT2D eigenvalue weighted by Gasteiger charge is -2.07. The van der Waals surface area contributed by atoms with Gasteiger partial charge in [0.25, 0.3) is 0 Å². The Morgan fingerprint density at radius 1 is 0.958 bits per heavy atom. The van der Waals surface area contributed by atoms with Crippen LogP contribution in [0.2, 0.25) is 0 Å². The molecule has 0 N–H and O–H groups in total. The van der Waals surface area contributed by atoms with Crippen LogP contribution in [0.4, 0.5) is 0 Å². The number of hydrogen-bond donors (Lipinski definition) is 0. The number of allylic oxidation sites excluding steroid dienone is 1. The monoisotopic (exact) mass is 316 g/mol. The zero-order valence-corrected chi connectivity index (χ0v) is 14.0. The van der Waals surface area contributed by atoms with Crippen molar-refractivity contribution in [3.63, 3.8) is 0 Å². The van der Waals surface area contributed by atoms with Crippen LogP contribution in [0.3, 0.4) is 0 Å². The molecule has 0 fully saturated rings. The zero-order chi connectivity index (χ0) is 16.9. The fourth-order valence-corrected chi connectivity index (χ4v) is 2.83. The number of fused-ring (bicyclic) bond motifs is 1. The molecule has 3 rings (SSSR count). The molecule has 0 aromatic heterocycles. The molecule has 0 atom stereocenters. The summed E-state index contributed by atoms with van der Waals surface area (Å²) in [5.41, 5.74) is 2.86. The average Bonchev–Trinajstić information content (AvgIpc) is 2.62. The first-order valence-corrected chi connectivity index (χ1v) is 8.13. The number of carbonyl (C=O) groups excluding carboxylic acids is 1. The van der Waals surface area contributed by atoms with E-state index in [1.165, 1.54) is 10.9 Å². The number of ketones is 1. The van der Waals surface area contributed by atoms with E-state index < -0.39 is 0 Å². The molecule has 0 saturated heterocycles. The van der Waals surface area contributed by atoms with Crippen LogP contribution in [0, 0.1) is 6.92 Å². The molecule has 0 radical (unpaired) electrons. The standard InChI is InChI=1S/C22H20O2/c1-3-24-22-11-7-6-10-20(22)21(23)15-14-17-13-12-16(2)18-8-4-5-9-19(17)18/h4-15H,3H2,1-2H3/b15-14+. The van der Waals surface area contributed by atoms with Crippen LogP contribution < -0.4 is 4.74 Å². The van der Waals surface area contributed by atoms with Crippen LogP contribution in [0.25, 0.3) is 16.8 Å². The normalized spacial score (nSPS) is 11.1. The van der Waals surface area contributed by atoms with E-state index in [1.807, 2.05) is 43.3 Å². The third kappa shape index (κ3) is 3.23. The highest BCUT2D eigenvalue weighted by Gasteiger charge is 2.09. The second-order valence-corrected chi connectivity index (χ2v) is 5.64. The second-order valence-electron chi connectivity index (χ2n) is 5.64. The Balaban J connectivity index is 1.95. The van der Waals surface area contributed by atoms with Crippen LogP contribution in [-0.2, 0) is 0 Å². The van der Waals surface area contributed by atoms with Gasteiger partial charge in [-0.1, -0.05) is 54.6 Å². The van der Waals surface area contributed by atoms with Crippen molar-refractivity contribution in [3.05, 3.63) is 83.4 Å². The van der Waals surface area contributed by atoms with Gasteiger partial charge in [-0.05, 0) is 54.0 Å². The minimum atomic E-state index is -0.0521. The molecule has 0 saturated carbocycles. The Labute approximate surface area is 142 Å². The summed E-state index contributed by atoms with van der Waals surface area (Å²) in [5.74, 6) is 0.576. The summed E-state index contributed by atoms with van der Waals surface area (Å²) in [4.78, 5) is 12.5. The van der Waals surface area contributed by atoms with Crippen LogP contribution >= 0.6 is 0 Å². The van der Waals surface area contributed by atoms with Gasteiger partial charge in [0.2, 0.25) is 0 Å². The van der Waals surface area contributed by atoms with Gasteiger partial charge in [-0.3, -0.25) is 4.79 Å². The van der Waals surface area contributed by atoms with Crippen molar-refractivity contribution in [2.24, 2.45) is 0 Å². The molecule has 3 aromatic carbocycles. The molecule has 0 aliphatic rings. The van der Waals surface area contributed by atoms with Gasteiger partial charge in [-0.25, -0.2) is 0 Å². The van der Waals surface area contributed by atoms with Crippen LogP contribution in [0.15, 0.2) is 66.7 Å². The maximum absolute atomic E-state index is 12.5. The molecule has 0 aliphatic carbocycles. The Morgan fingerprint density at radius 2 is 1.67 bits per heavy atom. The summed E-state index contributed by atoms with van der Waals surface area (Å²) in [7, 11) is 0. The maximum Gasteiger partial charge on any atom is 0.189 e. The molecule has 3 aromatic rings. The minimum absolute atomic E-state index is 0.0521. The number of ether oxygens (including phenoxy) is 1. The number of aryl methyl sites for hydroxylation is 1.